The number of hydrogen-bond donors (Lipinski definition) is 2. The van der Waals surface area contributed by atoms with E-state index in [4.69, 9.17) is 0 Å². The van der Waals surface area contributed by atoms with Gasteiger partial charge in [0.15, 0.2) is 0 Å². The molecule has 0 aliphatic carbocycles. The minimum atomic E-state index is -0.0367. The van der Waals surface area contributed by atoms with Gasteiger partial charge in [0.1, 0.15) is 5.82 Å². The summed E-state index contributed by atoms with van der Waals surface area (Å²) in [6.45, 7) is 0.658. The number of pyridine rings is 2. The Labute approximate surface area is 138 Å². The van der Waals surface area contributed by atoms with Crippen molar-refractivity contribution in [3.8, 4) is 0 Å². The van der Waals surface area contributed by atoms with Crippen LogP contribution >= 0.6 is 11.3 Å². The molecule has 2 N–H and O–H groups in total. The molecule has 0 bridgehead atoms. The minimum Gasteiger partial charge on any atom is -0.366 e. The summed E-state index contributed by atoms with van der Waals surface area (Å²) in [7, 11) is 0. The molecule has 0 radical (unpaired) electrons. The van der Waals surface area contributed by atoms with Crippen LogP contribution in [0.25, 0.3) is 0 Å². The van der Waals surface area contributed by atoms with Gasteiger partial charge in [0.25, 0.3) is 0 Å². The zero-order chi connectivity index (χ0) is 15.9. The number of thiophene rings is 1. The van der Waals surface area contributed by atoms with Crippen molar-refractivity contribution >= 4 is 28.7 Å². The smallest absolute Gasteiger partial charge is 0.229 e. The molecule has 3 rings (SSSR count). The number of carbonyl (C=O) groups is 1. The molecule has 0 unspecified atom stereocenters. The quantitative estimate of drug-likeness (QED) is 0.730. The fourth-order valence-electron chi connectivity index (χ4n) is 2.04. The van der Waals surface area contributed by atoms with Crippen LogP contribution in [0.3, 0.4) is 0 Å². The minimum absolute atomic E-state index is 0.0367. The average Bonchev–Trinajstić information content (AvgIpc) is 3.08. The maximum atomic E-state index is 11.9. The van der Waals surface area contributed by atoms with Gasteiger partial charge in [0, 0.05) is 23.8 Å². The highest BCUT2D eigenvalue weighted by Gasteiger charge is 2.05. The van der Waals surface area contributed by atoms with Gasteiger partial charge in [-0.25, -0.2) is 4.98 Å². The van der Waals surface area contributed by atoms with E-state index in [1.807, 2.05) is 48.0 Å². The molecular formula is C17H16N4OS. The lowest BCUT2D eigenvalue weighted by Crippen LogP contribution is -2.14. The highest BCUT2D eigenvalue weighted by atomic mass is 32.1. The first kappa shape index (κ1) is 15.2. The van der Waals surface area contributed by atoms with Gasteiger partial charge in [-0.2, -0.15) is 0 Å². The molecule has 0 aromatic carbocycles. The number of hydrogen-bond acceptors (Lipinski definition) is 5. The van der Waals surface area contributed by atoms with Crippen LogP contribution in [0.1, 0.15) is 10.4 Å². The molecule has 5 nitrogen and oxygen atoms in total. The van der Waals surface area contributed by atoms with Crippen molar-refractivity contribution in [3.05, 3.63) is 70.8 Å². The van der Waals surface area contributed by atoms with Crippen LogP contribution in [0.2, 0.25) is 0 Å². The molecule has 3 heterocycles. The van der Waals surface area contributed by atoms with Crippen LogP contribution in [-0.4, -0.2) is 15.9 Å². The Morgan fingerprint density at radius 2 is 2.09 bits per heavy atom. The molecule has 3 aromatic heterocycles. The van der Waals surface area contributed by atoms with Gasteiger partial charge in [-0.05, 0) is 35.2 Å². The fraction of sp³-hybridized carbons (Fsp3) is 0.118. The van der Waals surface area contributed by atoms with Crippen LogP contribution in [0, 0.1) is 0 Å². The van der Waals surface area contributed by atoms with Gasteiger partial charge in [-0.1, -0.05) is 12.1 Å². The van der Waals surface area contributed by atoms with Crippen molar-refractivity contribution in [2.45, 2.75) is 13.0 Å². The van der Waals surface area contributed by atoms with E-state index < -0.39 is 0 Å². The van der Waals surface area contributed by atoms with E-state index in [1.165, 1.54) is 0 Å². The molecule has 6 heteroatoms. The topological polar surface area (TPSA) is 66.9 Å². The third-order valence-electron chi connectivity index (χ3n) is 3.16. The van der Waals surface area contributed by atoms with E-state index in [0.717, 1.165) is 16.3 Å². The first-order chi connectivity index (χ1) is 11.3. The van der Waals surface area contributed by atoms with Crippen molar-refractivity contribution in [2.75, 3.05) is 10.6 Å². The summed E-state index contributed by atoms with van der Waals surface area (Å²) in [5.74, 6) is 0.718. The summed E-state index contributed by atoms with van der Waals surface area (Å²) >= 11 is 1.58. The molecule has 0 saturated heterocycles. The molecule has 0 fully saturated rings. The normalized spacial score (nSPS) is 10.3. The maximum absolute atomic E-state index is 11.9. The second-order valence-electron chi connectivity index (χ2n) is 4.95. The van der Waals surface area contributed by atoms with Crippen LogP contribution in [0.15, 0.2) is 60.4 Å². The Hall–Kier alpha value is -2.73. The van der Waals surface area contributed by atoms with Crippen molar-refractivity contribution in [3.63, 3.8) is 0 Å². The second-order valence-corrected chi connectivity index (χ2v) is 5.98. The van der Waals surface area contributed by atoms with Gasteiger partial charge >= 0.3 is 0 Å². The van der Waals surface area contributed by atoms with Gasteiger partial charge in [-0.15, -0.1) is 11.3 Å². The Morgan fingerprint density at radius 1 is 1.13 bits per heavy atom. The molecule has 23 heavy (non-hydrogen) atoms. The van der Waals surface area contributed by atoms with E-state index in [1.54, 1.807) is 23.7 Å². The van der Waals surface area contributed by atoms with Gasteiger partial charge < -0.3 is 10.6 Å². The average molecular weight is 324 g/mol. The van der Waals surface area contributed by atoms with E-state index in [2.05, 4.69) is 20.6 Å². The Bertz CT molecular complexity index is 742. The third kappa shape index (κ3) is 4.62. The first-order valence-corrected chi connectivity index (χ1v) is 8.08. The summed E-state index contributed by atoms with van der Waals surface area (Å²) in [5, 5.41) is 8.03. The summed E-state index contributed by atoms with van der Waals surface area (Å²) < 4.78 is 0. The van der Waals surface area contributed by atoms with Crippen molar-refractivity contribution in [1.82, 2.24) is 9.97 Å². The molecule has 0 atom stereocenters. The van der Waals surface area contributed by atoms with Gasteiger partial charge in [-0.3, -0.25) is 9.78 Å². The lowest BCUT2D eigenvalue weighted by Gasteiger charge is -2.07. The second kappa shape index (κ2) is 7.51. The highest BCUT2D eigenvalue weighted by Crippen LogP contribution is 2.13. The van der Waals surface area contributed by atoms with Crippen LogP contribution in [-0.2, 0) is 17.8 Å². The lowest BCUT2D eigenvalue weighted by molar-refractivity contribution is -0.115. The molecular weight excluding hydrogens is 308 g/mol. The summed E-state index contributed by atoms with van der Waals surface area (Å²) in [5.41, 5.74) is 1.78. The molecule has 0 aliphatic heterocycles. The number of carbonyl (C=O) groups excluding carboxylic acids is 1. The molecule has 0 saturated carbocycles. The van der Waals surface area contributed by atoms with Crippen LogP contribution < -0.4 is 10.6 Å². The standard InChI is InChI=1S/C17H16N4OS/c22-17(9-15-4-2-8-23-15)21-14-5-6-16(20-12-14)19-11-13-3-1-7-18-10-13/h1-8,10,12H,9,11H2,(H,19,20)(H,21,22). The highest BCUT2D eigenvalue weighted by molar-refractivity contribution is 7.10. The number of rotatable bonds is 6. The largest absolute Gasteiger partial charge is 0.366 e. The molecule has 116 valence electrons. The van der Waals surface area contributed by atoms with Crippen molar-refractivity contribution in [2.24, 2.45) is 0 Å². The molecule has 0 spiro atoms. The third-order valence-corrected chi connectivity index (χ3v) is 4.03. The van der Waals surface area contributed by atoms with E-state index >= 15 is 0 Å². The number of nitrogens with one attached hydrogen (secondary N) is 2. The van der Waals surface area contributed by atoms with Crippen LogP contribution in [0.5, 0.6) is 0 Å². The monoisotopic (exact) mass is 324 g/mol. The van der Waals surface area contributed by atoms with E-state index in [9.17, 15) is 4.79 Å². The lowest BCUT2D eigenvalue weighted by atomic mass is 10.3. The number of anilines is 2. The van der Waals surface area contributed by atoms with Gasteiger partial charge in [0.2, 0.25) is 5.91 Å². The molecule has 0 aliphatic rings. The predicted molar refractivity (Wildman–Crippen MR) is 92.5 cm³/mol. The number of nitrogens with zero attached hydrogens (tertiary/aromatic N) is 2. The summed E-state index contributed by atoms with van der Waals surface area (Å²) in [4.78, 5) is 21.3. The predicted octanol–water partition coefficient (Wildman–Crippen LogP) is 3.33. The fourth-order valence-corrected chi connectivity index (χ4v) is 2.75. The van der Waals surface area contributed by atoms with Crippen molar-refractivity contribution < 1.29 is 4.79 Å². The van der Waals surface area contributed by atoms with Crippen LogP contribution in [0.4, 0.5) is 11.5 Å². The Morgan fingerprint density at radius 3 is 2.78 bits per heavy atom. The first-order valence-electron chi connectivity index (χ1n) is 7.21. The molecule has 1 amide bonds. The van der Waals surface area contributed by atoms with Gasteiger partial charge in [0.05, 0.1) is 18.3 Å². The SMILES string of the molecule is O=C(Cc1cccs1)Nc1ccc(NCc2cccnc2)nc1. The van der Waals surface area contributed by atoms with E-state index in [-0.39, 0.29) is 5.91 Å². The Balaban J connectivity index is 1.51. The zero-order valence-corrected chi connectivity index (χ0v) is 13.2. The summed E-state index contributed by atoms with van der Waals surface area (Å²) in [6, 6.07) is 11.5. The van der Waals surface area contributed by atoms with E-state index in [0.29, 0.717) is 18.7 Å². The zero-order valence-electron chi connectivity index (χ0n) is 12.4. The number of aromatic nitrogens is 2. The molecule has 3 aromatic rings. The Kier molecular flexibility index (Phi) is 4.95. The maximum Gasteiger partial charge on any atom is 0.229 e. The number of amides is 1. The summed E-state index contributed by atoms with van der Waals surface area (Å²) in [6.07, 6.45) is 5.60. The van der Waals surface area contributed by atoms with Crippen molar-refractivity contribution in [1.29, 1.82) is 0 Å².